The van der Waals surface area contributed by atoms with Crippen LogP contribution in [0.25, 0.3) is 0 Å². The highest BCUT2D eigenvalue weighted by molar-refractivity contribution is 7.49. The normalized spacial score (nSPS) is 20.6. The van der Waals surface area contributed by atoms with Gasteiger partial charge in [-0.3, -0.25) is 14.4 Å². The Morgan fingerprint density at radius 3 is 2.35 bits per heavy atom. The van der Waals surface area contributed by atoms with Crippen LogP contribution in [0.3, 0.4) is 0 Å². The Bertz CT molecular complexity index is 672. The Labute approximate surface area is 147 Å². The van der Waals surface area contributed by atoms with Crippen molar-refractivity contribution in [3.63, 3.8) is 0 Å². The average molecular weight is 391 g/mol. The third-order valence-corrected chi connectivity index (χ3v) is 4.89. The van der Waals surface area contributed by atoms with E-state index >= 15 is 0 Å². The molecule has 0 aromatic heterocycles. The third-order valence-electron chi connectivity index (χ3n) is 3.75. The number of aliphatic hydroxyl groups excluding tert-OH is 1. The van der Waals surface area contributed by atoms with Crippen molar-refractivity contribution in [3.8, 4) is 0 Å². The molecule has 0 bridgehead atoms. The zero-order valence-electron chi connectivity index (χ0n) is 13.6. The van der Waals surface area contributed by atoms with Crippen molar-refractivity contribution in [2.75, 3.05) is 19.6 Å². The quantitative estimate of drug-likeness (QED) is 0.314. The van der Waals surface area contributed by atoms with Crippen molar-refractivity contribution in [1.82, 2.24) is 14.6 Å². The van der Waals surface area contributed by atoms with Crippen molar-refractivity contribution in [2.45, 2.75) is 25.5 Å². The molecule has 1 unspecified atom stereocenters. The molecule has 144 valence electrons. The van der Waals surface area contributed by atoms with Gasteiger partial charge in [0.2, 0.25) is 5.91 Å². The van der Waals surface area contributed by atoms with Gasteiger partial charge in [-0.15, -0.1) is 5.06 Å². The minimum Gasteiger partial charge on any atom is -0.370 e. The van der Waals surface area contributed by atoms with Crippen LogP contribution in [-0.4, -0.2) is 79.1 Å². The maximum absolute atomic E-state index is 11.7. The van der Waals surface area contributed by atoms with Gasteiger partial charge >= 0.3 is 13.7 Å². The van der Waals surface area contributed by atoms with Crippen LogP contribution in [0.15, 0.2) is 12.2 Å². The molecule has 3 amide bonds. The van der Waals surface area contributed by atoms with Crippen molar-refractivity contribution in [3.05, 3.63) is 12.2 Å². The van der Waals surface area contributed by atoms with Crippen LogP contribution in [0.1, 0.15) is 19.3 Å². The number of rotatable bonds is 8. The summed E-state index contributed by atoms with van der Waals surface area (Å²) in [6, 6.07) is 0. The molecule has 3 N–H and O–H groups in total. The molecular weight excluding hydrogens is 373 g/mol. The van der Waals surface area contributed by atoms with Crippen LogP contribution in [0.5, 0.6) is 0 Å². The topological polar surface area (TPSA) is 165 Å². The largest absolute Gasteiger partial charge is 0.403 e. The molecule has 26 heavy (non-hydrogen) atoms. The molecule has 2 aliphatic rings. The Morgan fingerprint density at radius 2 is 1.85 bits per heavy atom. The Kier molecular flexibility index (Phi) is 6.26. The van der Waals surface area contributed by atoms with Crippen LogP contribution in [0.4, 0.5) is 0 Å². The number of hydroxylamine groups is 2. The highest BCUT2D eigenvalue weighted by Crippen LogP contribution is 2.39. The molecule has 13 heteroatoms. The minimum absolute atomic E-state index is 0.0685. The maximum Gasteiger partial charge on any atom is 0.403 e. The van der Waals surface area contributed by atoms with Crippen LogP contribution in [-0.2, 0) is 28.6 Å². The summed E-state index contributed by atoms with van der Waals surface area (Å²) in [5.74, 6) is -2.84. The van der Waals surface area contributed by atoms with Gasteiger partial charge in [-0.1, -0.05) is 0 Å². The molecule has 2 aliphatic heterocycles. The highest BCUT2D eigenvalue weighted by atomic mass is 31.2. The zero-order valence-corrected chi connectivity index (χ0v) is 14.4. The Morgan fingerprint density at radius 1 is 1.23 bits per heavy atom. The van der Waals surface area contributed by atoms with E-state index in [0.717, 1.165) is 11.0 Å². The summed E-state index contributed by atoms with van der Waals surface area (Å²) in [7, 11) is -4.75. The molecule has 0 aromatic rings. The molecule has 0 spiro atoms. The van der Waals surface area contributed by atoms with Gasteiger partial charge in [0.1, 0.15) is 6.23 Å². The van der Waals surface area contributed by atoms with Crippen molar-refractivity contribution in [2.24, 2.45) is 0 Å². The fourth-order valence-electron chi connectivity index (χ4n) is 2.36. The van der Waals surface area contributed by atoms with Gasteiger partial charge in [-0.25, -0.2) is 14.0 Å². The lowest BCUT2D eigenvalue weighted by molar-refractivity contribution is -0.197. The lowest BCUT2D eigenvalue weighted by atomic mass is 10.4. The maximum atomic E-state index is 11.7. The van der Waals surface area contributed by atoms with E-state index in [1.54, 1.807) is 0 Å². The second-order valence-corrected chi connectivity index (χ2v) is 7.16. The summed E-state index contributed by atoms with van der Waals surface area (Å²) in [5, 5.41) is 9.91. The van der Waals surface area contributed by atoms with Crippen molar-refractivity contribution in [1.29, 1.82) is 0 Å². The van der Waals surface area contributed by atoms with E-state index in [2.05, 4.69) is 4.84 Å². The summed E-state index contributed by atoms with van der Waals surface area (Å²) in [5.41, 5.74) is 0. The molecule has 0 saturated carbocycles. The second kappa shape index (κ2) is 8.06. The van der Waals surface area contributed by atoms with Gasteiger partial charge in [0.05, 0.1) is 6.42 Å². The molecule has 0 aromatic carbocycles. The number of aliphatic hydroxyl groups is 1. The zero-order chi connectivity index (χ0) is 19.5. The number of carbonyl (C=O) groups excluding carboxylic acids is 4. The molecule has 2 heterocycles. The molecule has 2 rings (SSSR count). The predicted molar refractivity (Wildman–Crippen MR) is 82.3 cm³/mol. The minimum atomic E-state index is -4.75. The lowest BCUT2D eigenvalue weighted by Gasteiger charge is -2.27. The highest BCUT2D eigenvalue weighted by Gasteiger charge is 2.34. The molecular formula is C13H18N3O9P. The number of carbonyl (C=O) groups is 4. The summed E-state index contributed by atoms with van der Waals surface area (Å²) < 4.78 is 12.2. The number of imide groups is 1. The second-order valence-electron chi connectivity index (χ2n) is 5.57. The first kappa shape index (κ1) is 20.2. The number of amides is 3. The average Bonchev–Trinajstić information content (AvgIpc) is 3.03. The van der Waals surface area contributed by atoms with Crippen LogP contribution in [0, 0.1) is 0 Å². The molecule has 0 radical (unpaired) electrons. The molecule has 12 nitrogen and oxygen atoms in total. The van der Waals surface area contributed by atoms with Crippen LogP contribution in [0.2, 0.25) is 0 Å². The number of nitrogens with zero attached hydrogens (tertiary/aromatic N) is 3. The summed E-state index contributed by atoms with van der Waals surface area (Å²) >= 11 is 0. The molecule has 1 fully saturated rings. The number of hydrogen-bond donors (Lipinski definition) is 3. The smallest absolute Gasteiger partial charge is 0.370 e. The van der Waals surface area contributed by atoms with Gasteiger partial charge in [-0.05, 0) is 6.08 Å². The first-order valence-corrected chi connectivity index (χ1v) is 9.20. The molecule has 1 atom stereocenters. The van der Waals surface area contributed by atoms with Crippen molar-refractivity contribution >= 4 is 31.4 Å². The SMILES string of the molecule is O=C(CCN(CCN1C(=O)C=CC1O)P(=O)(O)O)ON1C(=O)CCC1=O. The van der Waals surface area contributed by atoms with Gasteiger partial charge in [-0.2, -0.15) is 0 Å². The first-order valence-electron chi connectivity index (χ1n) is 7.64. The van der Waals surface area contributed by atoms with Gasteiger partial charge in [0, 0.05) is 38.6 Å². The van der Waals surface area contributed by atoms with E-state index in [9.17, 15) is 38.6 Å². The first-order chi connectivity index (χ1) is 12.1. The van der Waals surface area contributed by atoms with E-state index in [1.165, 1.54) is 6.08 Å². The van der Waals surface area contributed by atoms with Gasteiger partial charge in [0.25, 0.3) is 11.8 Å². The van der Waals surface area contributed by atoms with E-state index in [-0.39, 0.29) is 25.9 Å². The summed E-state index contributed by atoms with van der Waals surface area (Å²) in [6.45, 7) is -0.940. The van der Waals surface area contributed by atoms with Crippen LogP contribution < -0.4 is 0 Å². The van der Waals surface area contributed by atoms with E-state index < -0.39 is 50.6 Å². The lowest BCUT2D eigenvalue weighted by Crippen LogP contribution is -2.40. The standard InChI is InChI=1S/C13H18N3O9P/c17-9-1-2-10(18)15(9)8-7-14(26(22,23)24)6-5-13(21)25-16-11(19)3-4-12(16)20/h1-2,9,17H,3-8H2,(H2,22,23,24). The van der Waals surface area contributed by atoms with Gasteiger partial charge in [0.15, 0.2) is 0 Å². The van der Waals surface area contributed by atoms with E-state index in [1.807, 2.05) is 0 Å². The van der Waals surface area contributed by atoms with Gasteiger partial charge < -0.3 is 24.6 Å². The monoisotopic (exact) mass is 391 g/mol. The fourth-order valence-corrected chi connectivity index (χ4v) is 3.07. The Hall–Kier alpha value is -2.11. The van der Waals surface area contributed by atoms with E-state index in [4.69, 9.17) is 0 Å². The van der Waals surface area contributed by atoms with E-state index in [0.29, 0.717) is 9.73 Å². The fraction of sp³-hybridized carbons (Fsp3) is 0.538. The summed E-state index contributed by atoms with van der Waals surface area (Å²) in [4.78, 5) is 70.2. The molecule has 0 aliphatic carbocycles. The molecule has 1 saturated heterocycles. The Balaban J connectivity index is 1.87. The third kappa shape index (κ3) is 4.96. The van der Waals surface area contributed by atoms with Crippen molar-refractivity contribution < 1.29 is 43.5 Å². The summed E-state index contributed by atoms with van der Waals surface area (Å²) in [6.07, 6.45) is 0.538. The van der Waals surface area contributed by atoms with Crippen LogP contribution >= 0.6 is 7.75 Å². The predicted octanol–water partition coefficient (Wildman–Crippen LogP) is -1.90. The number of hydrogen-bond acceptors (Lipinski definition) is 7.